The molecular weight excluding hydrogens is 368 g/mol. The van der Waals surface area contributed by atoms with E-state index in [1.807, 2.05) is 12.1 Å². The molecule has 1 N–H and O–H groups in total. The largest absolute Gasteiger partial charge is 0.478 e. The summed E-state index contributed by atoms with van der Waals surface area (Å²) in [7, 11) is 1.21. The van der Waals surface area contributed by atoms with Gasteiger partial charge in [0.2, 0.25) is 0 Å². The highest BCUT2D eigenvalue weighted by atomic mass is 16.5. The van der Waals surface area contributed by atoms with Crippen LogP contribution in [0.4, 0.5) is 10.5 Å². The van der Waals surface area contributed by atoms with Crippen LogP contribution < -0.4 is 9.64 Å². The second-order valence-electron chi connectivity index (χ2n) is 7.88. The maximum absolute atomic E-state index is 12.3. The molecule has 2 aromatic carbocycles. The molecule has 2 aromatic rings. The lowest BCUT2D eigenvalue weighted by Gasteiger charge is -2.29. The first kappa shape index (κ1) is 20.7. The van der Waals surface area contributed by atoms with Crippen LogP contribution in [0, 0.1) is 0 Å². The fraction of sp³-hybridized carbons (Fsp3) is 0.391. The number of ether oxygens (including phenoxy) is 1. The van der Waals surface area contributed by atoms with Crippen molar-refractivity contribution in [3.05, 3.63) is 48.5 Å². The molecule has 0 atom stereocenters. The number of carbonyl (C=O) groups is 2. The number of nitrogens with zero attached hydrogens (tertiary/aromatic N) is 2. The van der Waals surface area contributed by atoms with Gasteiger partial charge in [0.15, 0.2) is 5.60 Å². The predicted octanol–water partition coefficient (Wildman–Crippen LogP) is 4.64. The zero-order valence-corrected chi connectivity index (χ0v) is 17.2. The summed E-state index contributed by atoms with van der Waals surface area (Å²) in [6, 6.07) is 16.0. The Hall–Kier alpha value is -3.02. The van der Waals surface area contributed by atoms with E-state index in [1.54, 1.807) is 26.0 Å². The van der Waals surface area contributed by atoms with Crippen molar-refractivity contribution in [2.24, 2.45) is 0 Å². The van der Waals surface area contributed by atoms with Crippen LogP contribution in [0.1, 0.15) is 33.1 Å². The summed E-state index contributed by atoms with van der Waals surface area (Å²) < 4.78 is 5.76. The molecule has 29 heavy (non-hydrogen) atoms. The number of carboxylic acid groups (broad SMARTS) is 1. The fourth-order valence-electron chi connectivity index (χ4n) is 3.56. The topological polar surface area (TPSA) is 70.1 Å². The Balaban J connectivity index is 1.68. The standard InChI is InChI=1S/C23H28N2O4/c1-23(2,21(26)24(3)22(27)28)29-20-13-9-18(10-14-20)17-7-11-19(12-8-17)25-15-5-4-6-16-25/h7-14H,4-6,15-16H2,1-3H3,(H,27,28). The van der Waals surface area contributed by atoms with E-state index in [9.17, 15) is 9.59 Å². The van der Waals surface area contributed by atoms with Gasteiger partial charge in [0.05, 0.1) is 0 Å². The first-order chi connectivity index (χ1) is 13.8. The van der Waals surface area contributed by atoms with E-state index in [1.165, 1.54) is 32.0 Å². The van der Waals surface area contributed by atoms with Gasteiger partial charge in [-0.15, -0.1) is 0 Å². The van der Waals surface area contributed by atoms with Crippen LogP contribution in [-0.2, 0) is 4.79 Å². The number of hydrogen-bond acceptors (Lipinski definition) is 4. The molecule has 2 amide bonds. The normalized spacial score (nSPS) is 14.4. The molecule has 6 nitrogen and oxygen atoms in total. The van der Waals surface area contributed by atoms with Crippen LogP contribution in [0.3, 0.4) is 0 Å². The average molecular weight is 396 g/mol. The van der Waals surface area contributed by atoms with E-state index >= 15 is 0 Å². The first-order valence-electron chi connectivity index (χ1n) is 9.93. The lowest BCUT2D eigenvalue weighted by molar-refractivity contribution is -0.141. The Bertz CT molecular complexity index is 853. The van der Waals surface area contributed by atoms with E-state index < -0.39 is 17.6 Å². The van der Waals surface area contributed by atoms with E-state index in [0.29, 0.717) is 10.6 Å². The minimum atomic E-state index is -1.31. The molecule has 0 unspecified atom stereocenters. The monoisotopic (exact) mass is 396 g/mol. The summed E-state index contributed by atoms with van der Waals surface area (Å²) in [5.41, 5.74) is 2.13. The van der Waals surface area contributed by atoms with Gasteiger partial charge in [-0.3, -0.25) is 4.79 Å². The van der Waals surface area contributed by atoms with Crippen molar-refractivity contribution in [2.45, 2.75) is 38.7 Å². The van der Waals surface area contributed by atoms with Gasteiger partial charge in [0, 0.05) is 25.8 Å². The summed E-state index contributed by atoms with van der Waals surface area (Å²) in [6.07, 6.45) is 2.52. The van der Waals surface area contributed by atoms with E-state index in [4.69, 9.17) is 9.84 Å². The van der Waals surface area contributed by atoms with E-state index in [-0.39, 0.29) is 0 Å². The molecule has 1 saturated heterocycles. The molecule has 1 aliphatic heterocycles. The van der Waals surface area contributed by atoms with Gasteiger partial charge in [-0.1, -0.05) is 24.3 Å². The Morgan fingerprint density at radius 3 is 1.97 bits per heavy atom. The highest BCUT2D eigenvalue weighted by Gasteiger charge is 2.35. The Kier molecular flexibility index (Phi) is 6.11. The second kappa shape index (κ2) is 8.55. The third-order valence-electron chi connectivity index (χ3n) is 5.26. The first-order valence-corrected chi connectivity index (χ1v) is 9.93. The zero-order chi connectivity index (χ0) is 21.0. The number of piperidine rings is 1. The highest BCUT2D eigenvalue weighted by Crippen LogP contribution is 2.28. The van der Waals surface area contributed by atoms with Crippen molar-refractivity contribution in [2.75, 3.05) is 25.0 Å². The van der Waals surface area contributed by atoms with Crippen molar-refractivity contribution >= 4 is 17.7 Å². The number of hydrogen-bond donors (Lipinski definition) is 1. The fourth-order valence-corrected chi connectivity index (χ4v) is 3.56. The smallest absolute Gasteiger partial charge is 0.413 e. The second-order valence-corrected chi connectivity index (χ2v) is 7.88. The Morgan fingerprint density at radius 1 is 0.931 bits per heavy atom. The molecule has 1 fully saturated rings. The maximum atomic E-state index is 12.3. The van der Waals surface area contributed by atoms with Crippen molar-refractivity contribution < 1.29 is 19.4 Å². The zero-order valence-electron chi connectivity index (χ0n) is 17.2. The summed E-state index contributed by atoms with van der Waals surface area (Å²) in [6.45, 7) is 5.36. The summed E-state index contributed by atoms with van der Waals surface area (Å²) in [4.78, 5) is 26.4. The van der Waals surface area contributed by atoms with Crippen LogP contribution in [0.15, 0.2) is 48.5 Å². The number of carbonyl (C=O) groups excluding carboxylic acids is 1. The molecule has 154 valence electrons. The quantitative estimate of drug-likeness (QED) is 0.797. The van der Waals surface area contributed by atoms with Crippen LogP contribution >= 0.6 is 0 Å². The lowest BCUT2D eigenvalue weighted by Crippen LogP contribution is -2.49. The molecule has 6 heteroatoms. The third kappa shape index (κ3) is 4.88. The summed E-state index contributed by atoms with van der Waals surface area (Å²) >= 11 is 0. The molecule has 1 heterocycles. The number of likely N-dealkylation sites (N-methyl/N-ethyl adjacent to an activating group) is 1. The molecule has 1 aliphatic rings. The number of benzene rings is 2. The van der Waals surface area contributed by atoms with Gasteiger partial charge in [-0.05, 0) is 68.5 Å². The molecule has 0 bridgehead atoms. The summed E-state index contributed by atoms with van der Waals surface area (Å²) in [5, 5.41) is 8.99. The van der Waals surface area contributed by atoms with Gasteiger partial charge in [0.25, 0.3) is 5.91 Å². The van der Waals surface area contributed by atoms with Crippen LogP contribution in [0.25, 0.3) is 11.1 Å². The van der Waals surface area contributed by atoms with E-state index in [2.05, 4.69) is 29.2 Å². The Labute approximate surface area is 171 Å². The molecule has 0 aliphatic carbocycles. The van der Waals surface area contributed by atoms with Crippen LogP contribution in [-0.4, -0.2) is 47.7 Å². The van der Waals surface area contributed by atoms with E-state index in [0.717, 1.165) is 24.2 Å². The number of anilines is 1. The number of imide groups is 1. The number of rotatable bonds is 5. The molecule has 0 spiro atoms. The molecule has 3 rings (SSSR count). The summed E-state index contributed by atoms with van der Waals surface area (Å²) in [5.74, 6) is -0.113. The third-order valence-corrected chi connectivity index (χ3v) is 5.26. The average Bonchev–Trinajstić information content (AvgIpc) is 2.73. The molecule has 0 saturated carbocycles. The maximum Gasteiger partial charge on any atom is 0.413 e. The van der Waals surface area contributed by atoms with Crippen LogP contribution in [0.5, 0.6) is 5.75 Å². The van der Waals surface area contributed by atoms with Gasteiger partial charge in [-0.2, -0.15) is 0 Å². The molecule has 0 radical (unpaired) electrons. The van der Waals surface area contributed by atoms with Gasteiger partial charge in [0.1, 0.15) is 5.75 Å². The molecular formula is C23H28N2O4. The van der Waals surface area contributed by atoms with Crippen molar-refractivity contribution in [3.63, 3.8) is 0 Å². The van der Waals surface area contributed by atoms with Gasteiger partial charge in [-0.25, -0.2) is 9.69 Å². The predicted molar refractivity (Wildman–Crippen MR) is 113 cm³/mol. The Morgan fingerprint density at radius 2 is 1.45 bits per heavy atom. The minimum Gasteiger partial charge on any atom is -0.478 e. The van der Waals surface area contributed by atoms with Crippen LogP contribution in [0.2, 0.25) is 0 Å². The minimum absolute atomic E-state index is 0.510. The van der Waals surface area contributed by atoms with Gasteiger partial charge < -0.3 is 14.7 Å². The van der Waals surface area contributed by atoms with Crippen molar-refractivity contribution in [1.82, 2.24) is 4.90 Å². The number of amides is 2. The molecule has 0 aromatic heterocycles. The SMILES string of the molecule is CN(C(=O)O)C(=O)C(C)(C)Oc1ccc(-c2ccc(N3CCCCC3)cc2)cc1. The van der Waals surface area contributed by atoms with Gasteiger partial charge >= 0.3 is 6.09 Å². The van der Waals surface area contributed by atoms with Crippen molar-refractivity contribution in [1.29, 1.82) is 0 Å². The lowest BCUT2D eigenvalue weighted by atomic mass is 10.0. The highest BCUT2D eigenvalue weighted by molar-refractivity contribution is 5.95. The van der Waals surface area contributed by atoms with Crippen molar-refractivity contribution in [3.8, 4) is 16.9 Å².